The van der Waals surface area contributed by atoms with Crippen LogP contribution in [0.5, 0.6) is 0 Å². The Hall–Kier alpha value is -0.540. The fourth-order valence-electron chi connectivity index (χ4n) is 2.40. The lowest BCUT2D eigenvalue weighted by Gasteiger charge is -2.30. The summed E-state index contributed by atoms with van der Waals surface area (Å²) in [6.07, 6.45) is -3.44. The number of rotatable bonds is 3. The maximum atomic E-state index is 12.8. The van der Waals surface area contributed by atoms with Gasteiger partial charge in [0.05, 0.1) is 10.6 Å². The molecule has 1 aliphatic rings. The first-order valence-electron chi connectivity index (χ1n) is 6.73. The molecule has 0 unspecified atom stereocenters. The molecule has 0 amide bonds. The lowest BCUT2D eigenvalue weighted by molar-refractivity contribution is -0.137. The predicted molar refractivity (Wildman–Crippen MR) is 84.2 cm³/mol. The Morgan fingerprint density at radius 3 is 2.30 bits per heavy atom. The van der Waals surface area contributed by atoms with E-state index in [0.717, 1.165) is 12.1 Å². The normalized spacial score (nSPS) is 17.8. The number of sulfonamides is 1. The summed E-state index contributed by atoms with van der Waals surface area (Å²) in [7, 11) is -4.05. The summed E-state index contributed by atoms with van der Waals surface area (Å²) >= 11 is 5.81. The van der Waals surface area contributed by atoms with Gasteiger partial charge in [0.15, 0.2) is 0 Å². The molecule has 1 fully saturated rings. The summed E-state index contributed by atoms with van der Waals surface area (Å²) in [5, 5.41) is -0.214. The molecule has 4 nitrogen and oxygen atoms in total. The molecule has 0 atom stereocenters. The first kappa shape index (κ1) is 20.5. The highest BCUT2D eigenvalue weighted by Crippen LogP contribution is 2.35. The van der Waals surface area contributed by atoms with Crippen molar-refractivity contribution in [2.24, 2.45) is 11.7 Å². The van der Waals surface area contributed by atoms with Gasteiger partial charge in [-0.05, 0) is 43.5 Å². The number of hydrogen-bond acceptors (Lipinski definition) is 3. The van der Waals surface area contributed by atoms with Gasteiger partial charge in [0.2, 0.25) is 10.0 Å². The van der Waals surface area contributed by atoms with Crippen molar-refractivity contribution in [3.05, 3.63) is 28.8 Å². The summed E-state index contributed by atoms with van der Waals surface area (Å²) in [6.45, 7) is 0.936. The van der Waals surface area contributed by atoms with Gasteiger partial charge in [-0.25, -0.2) is 8.42 Å². The van der Waals surface area contributed by atoms with Crippen molar-refractivity contribution in [1.82, 2.24) is 4.31 Å². The van der Waals surface area contributed by atoms with Gasteiger partial charge < -0.3 is 5.73 Å². The second kappa shape index (κ2) is 7.57. The minimum Gasteiger partial charge on any atom is -0.330 e. The Kier molecular flexibility index (Phi) is 6.74. The quantitative estimate of drug-likeness (QED) is 0.858. The van der Waals surface area contributed by atoms with Crippen LogP contribution in [0.3, 0.4) is 0 Å². The van der Waals surface area contributed by atoms with E-state index in [1.54, 1.807) is 0 Å². The topological polar surface area (TPSA) is 63.4 Å². The van der Waals surface area contributed by atoms with Crippen LogP contribution in [0.25, 0.3) is 0 Å². The van der Waals surface area contributed by atoms with E-state index in [2.05, 4.69) is 0 Å². The second-order valence-electron chi connectivity index (χ2n) is 5.23. The molecule has 1 heterocycles. The molecule has 0 aliphatic carbocycles. The molecular weight excluding hydrogens is 376 g/mol. The molecule has 0 spiro atoms. The third-order valence-electron chi connectivity index (χ3n) is 3.78. The van der Waals surface area contributed by atoms with Crippen LogP contribution in [-0.2, 0) is 16.2 Å². The standard InChI is InChI=1S/C13H16ClF3N2O2S.ClH/c14-11-2-1-10(13(15,16)17)7-12(11)22(20,21)19-5-3-9(8-18)4-6-19;/h1-2,7,9H,3-6,8,18H2;1H. The van der Waals surface area contributed by atoms with Crippen LogP contribution in [0, 0.1) is 5.92 Å². The fraction of sp³-hybridized carbons (Fsp3) is 0.538. The maximum absolute atomic E-state index is 12.8. The van der Waals surface area contributed by atoms with Crippen molar-refractivity contribution in [2.75, 3.05) is 19.6 Å². The molecule has 0 bridgehead atoms. The first-order chi connectivity index (χ1) is 10.2. The summed E-state index contributed by atoms with van der Waals surface area (Å²) in [4.78, 5) is -0.504. The van der Waals surface area contributed by atoms with Crippen molar-refractivity contribution in [3.63, 3.8) is 0 Å². The van der Waals surface area contributed by atoms with Crippen molar-refractivity contribution in [2.45, 2.75) is 23.9 Å². The molecule has 1 aromatic carbocycles. The van der Waals surface area contributed by atoms with Crippen LogP contribution in [0.1, 0.15) is 18.4 Å². The van der Waals surface area contributed by atoms with E-state index in [1.807, 2.05) is 0 Å². The summed E-state index contributed by atoms with van der Waals surface area (Å²) in [6, 6.07) is 2.32. The van der Waals surface area contributed by atoms with Gasteiger partial charge in [-0.3, -0.25) is 0 Å². The number of benzene rings is 1. The van der Waals surface area contributed by atoms with E-state index in [4.69, 9.17) is 17.3 Å². The van der Waals surface area contributed by atoms with E-state index in [0.29, 0.717) is 25.5 Å². The van der Waals surface area contributed by atoms with Crippen LogP contribution in [0.4, 0.5) is 13.2 Å². The largest absolute Gasteiger partial charge is 0.416 e. The van der Waals surface area contributed by atoms with Crippen molar-refractivity contribution in [1.29, 1.82) is 0 Å². The van der Waals surface area contributed by atoms with Crippen molar-refractivity contribution >= 4 is 34.0 Å². The number of halogens is 5. The molecule has 1 aliphatic heterocycles. The molecule has 1 aromatic rings. The minimum absolute atomic E-state index is 0. The zero-order valence-electron chi connectivity index (χ0n) is 12.0. The van der Waals surface area contributed by atoms with Gasteiger partial charge >= 0.3 is 6.18 Å². The molecule has 23 heavy (non-hydrogen) atoms. The predicted octanol–water partition coefficient (Wildman–Crippen LogP) is 3.14. The lowest BCUT2D eigenvalue weighted by Crippen LogP contribution is -2.40. The Balaban J connectivity index is 0.00000264. The lowest BCUT2D eigenvalue weighted by atomic mass is 9.99. The number of nitrogens with zero attached hydrogens (tertiary/aromatic N) is 1. The van der Waals surface area contributed by atoms with E-state index in [9.17, 15) is 21.6 Å². The van der Waals surface area contributed by atoms with Gasteiger partial charge in [-0.2, -0.15) is 17.5 Å². The minimum atomic E-state index is -4.62. The summed E-state index contributed by atoms with van der Waals surface area (Å²) in [5.41, 5.74) is 4.51. The Morgan fingerprint density at radius 1 is 1.26 bits per heavy atom. The molecule has 132 valence electrons. The average Bonchev–Trinajstić information content (AvgIpc) is 2.46. The monoisotopic (exact) mass is 392 g/mol. The molecule has 0 aromatic heterocycles. The first-order valence-corrected chi connectivity index (χ1v) is 8.55. The Morgan fingerprint density at radius 2 is 1.83 bits per heavy atom. The third-order valence-corrected chi connectivity index (χ3v) is 6.16. The van der Waals surface area contributed by atoms with Crippen LogP contribution >= 0.6 is 24.0 Å². The highest BCUT2D eigenvalue weighted by Gasteiger charge is 2.35. The zero-order chi connectivity index (χ0) is 16.5. The van der Waals surface area contributed by atoms with E-state index in [-0.39, 0.29) is 36.4 Å². The molecule has 10 heteroatoms. The Labute approximate surface area is 144 Å². The zero-order valence-corrected chi connectivity index (χ0v) is 14.4. The highest BCUT2D eigenvalue weighted by molar-refractivity contribution is 7.89. The summed E-state index contributed by atoms with van der Waals surface area (Å²) < 4.78 is 64.5. The van der Waals surface area contributed by atoms with Crippen LogP contribution in [-0.4, -0.2) is 32.4 Å². The third kappa shape index (κ3) is 4.51. The SMILES string of the molecule is Cl.NCC1CCN(S(=O)(=O)c2cc(C(F)(F)F)ccc2Cl)CC1. The van der Waals surface area contributed by atoms with Gasteiger partial charge in [0.25, 0.3) is 0 Å². The molecular formula is C13H17Cl2F3N2O2S. The van der Waals surface area contributed by atoms with E-state index < -0.39 is 26.7 Å². The van der Waals surface area contributed by atoms with Crippen molar-refractivity contribution in [3.8, 4) is 0 Å². The van der Waals surface area contributed by atoms with E-state index >= 15 is 0 Å². The fourth-order valence-corrected chi connectivity index (χ4v) is 4.37. The van der Waals surface area contributed by atoms with Gasteiger partial charge in [-0.1, -0.05) is 11.6 Å². The number of hydrogen-bond donors (Lipinski definition) is 1. The van der Waals surface area contributed by atoms with Crippen LogP contribution < -0.4 is 5.73 Å². The Bertz CT molecular complexity index is 645. The van der Waals surface area contributed by atoms with Gasteiger partial charge in [0, 0.05) is 13.1 Å². The highest BCUT2D eigenvalue weighted by atomic mass is 35.5. The van der Waals surface area contributed by atoms with Gasteiger partial charge in [0.1, 0.15) is 4.90 Å². The smallest absolute Gasteiger partial charge is 0.330 e. The van der Waals surface area contributed by atoms with Crippen molar-refractivity contribution < 1.29 is 21.6 Å². The summed E-state index contributed by atoms with van der Waals surface area (Å²) in [5.74, 6) is 0.239. The molecule has 2 rings (SSSR count). The van der Waals surface area contributed by atoms with Crippen LogP contribution in [0.15, 0.2) is 23.1 Å². The molecule has 2 N–H and O–H groups in total. The maximum Gasteiger partial charge on any atom is 0.416 e. The molecule has 1 saturated heterocycles. The number of alkyl halides is 3. The van der Waals surface area contributed by atoms with Gasteiger partial charge in [-0.15, -0.1) is 12.4 Å². The molecule has 0 radical (unpaired) electrons. The van der Waals surface area contributed by atoms with E-state index in [1.165, 1.54) is 4.31 Å². The second-order valence-corrected chi connectivity index (χ2v) is 7.54. The molecule has 0 saturated carbocycles. The number of piperidine rings is 1. The number of nitrogens with two attached hydrogens (primary N) is 1. The van der Waals surface area contributed by atoms with Crippen LogP contribution in [0.2, 0.25) is 5.02 Å². The average molecular weight is 393 g/mol.